The summed E-state index contributed by atoms with van der Waals surface area (Å²) in [6.07, 6.45) is 15.4. The summed E-state index contributed by atoms with van der Waals surface area (Å²) in [5.74, 6) is 5.45. The minimum absolute atomic E-state index is 0.617. The van der Waals surface area contributed by atoms with Gasteiger partial charge in [-0.3, -0.25) is 0 Å². The van der Waals surface area contributed by atoms with E-state index in [-0.39, 0.29) is 0 Å². The molecule has 6 aliphatic rings. The summed E-state index contributed by atoms with van der Waals surface area (Å²) < 4.78 is 0. The van der Waals surface area contributed by atoms with E-state index in [1.54, 1.807) is 32.1 Å². The molecular formula is C18H29N. The van der Waals surface area contributed by atoms with Crippen LogP contribution in [0.5, 0.6) is 0 Å². The Morgan fingerprint density at radius 3 is 1.95 bits per heavy atom. The monoisotopic (exact) mass is 259 g/mol. The van der Waals surface area contributed by atoms with Crippen molar-refractivity contribution >= 4 is 0 Å². The Hall–Kier alpha value is -0.0400. The molecule has 0 aromatic heterocycles. The molecule has 19 heavy (non-hydrogen) atoms. The Balaban J connectivity index is 1.49. The molecule has 6 fully saturated rings. The second kappa shape index (κ2) is 3.59. The van der Waals surface area contributed by atoms with Crippen molar-refractivity contribution in [3.63, 3.8) is 0 Å². The Kier molecular flexibility index (Phi) is 2.19. The second-order valence-corrected chi connectivity index (χ2v) is 8.98. The molecule has 6 aliphatic carbocycles. The normalized spacial score (nSPS) is 57.0. The van der Waals surface area contributed by atoms with Crippen LogP contribution in [0.4, 0.5) is 0 Å². The van der Waals surface area contributed by atoms with E-state index in [9.17, 15) is 0 Å². The zero-order valence-electron chi connectivity index (χ0n) is 12.2. The van der Waals surface area contributed by atoms with Gasteiger partial charge in [0, 0.05) is 0 Å². The quantitative estimate of drug-likeness (QED) is 0.798. The molecular weight excluding hydrogens is 230 g/mol. The van der Waals surface area contributed by atoms with Gasteiger partial charge in [0.15, 0.2) is 0 Å². The Morgan fingerprint density at radius 1 is 0.842 bits per heavy atom. The highest BCUT2D eigenvalue weighted by Crippen LogP contribution is 2.79. The smallest absolute Gasteiger partial charge is 0.00121 e. The zero-order valence-corrected chi connectivity index (χ0v) is 12.2. The van der Waals surface area contributed by atoms with Crippen molar-refractivity contribution < 1.29 is 0 Å². The van der Waals surface area contributed by atoms with Crippen LogP contribution in [0.15, 0.2) is 0 Å². The Bertz CT molecular complexity index is 366. The average molecular weight is 259 g/mol. The zero-order chi connectivity index (χ0) is 12.7. The molecule has 1 spiro atoms. The van der Waals surface area contributed by atoms with Crippen molar-refractivity contribution in [2.75, 3.05) is 6.54 Å². The molecule has 0 saturated heterocycles. The van der Waals surface area contributed by atoms with Crippen molar-refractivity contribution in [2.24, 2.45) is 46.2 Å². The summed E-state index contributed by atoms with van der Waals surface area (Å²) in [4.78, 5) is 0. The van der Waals surface area contributed by atoms with Crippen molar-refractivity contribution in [3.05, 3.63) is 0 Å². The molecule has 0 aromatic carbocycles. The summed E-state index contributed by atoms with van der Waals surface area (Å²) in [5.41, 5.74) is 7.76. The maximum atomic E-state index is 6.40. The maximum absolute atomic E-state index is 6.40. The van der Waals surface area contributed by atoms with Gasteiger partial charge in [-0.05, 0) is 98.3 Å². The van der Waals surface area contributed by atoms with Crippen LogP contribution >= 0.6 is 0 Å². The number of hydrogen-bond donors (Lipinski definition) is 1. The third-order valence-corrected chi connectivity index (χ3v) is 8.37. The lowest BCUT2D eigenvalue weighted by Crippen LogP contribution is -2.51. The van der Waals surface area contributed by atoms with Crippen molar-refractivity contribution in [2.45, 2.75) is 64.2 Å². The second-order valence-electron chi connectivity index (χ2n) is 8.98. The van der Waals surface area contributed by atoms with Crippen molar-refractivity contribution in [1.29, 1.82) is 0 Å². The van der Waals surface area contributed by atoms with Gasteiger partial charge in [0.05, 0.1) is 0 Å². The molecule has 106 valence electrons. The number of rotatable bonds is 2. The molecule has 6 saturated carbocycles. The predicted octanol–water partition coefficient (Wildman–Crippen LogP) is 3.97. The first-order chi connectivity index (χ1) is 9.26. The van der Waals surface area contributed by atoms with Crippen LogP contribution in [-0.2, 0) is 0 Å². The van der Waals surface area contributed by atoms with Crippen molar-refractivity contribution in [1.82, 2.24) is 0 Å². The number of hydrogen-bond acceptors (Lipinski definition) is 1. The molecule has 1 atom stereocenters. The van der Waals surface area contributed by atoms with E-state index in [4.69, 9.17) is 5.73 Å². The number of nitrogens with two attached hydrogens (primary N) is 1. The van der Waals surface area contributed by atoms with E-state index in [0.29, 0.717) is 5.41 Å². The highest BCUT2D eigenvalue weighted by Gasteiger charge is 2.72. The molecule has 0 radical (unpaired) electrons. The van der Waals surface area contributed by atoms with Crippen LogP contribution in [0.25, 0.3) is 0 Å². The van der Waals surface area contributed by atoms with Crippen molar-refractivity contribution in [3.8, 4) is 0 Å². The first-order valence-electron chi connectivity index (χ1n) is 8.96. The molecule has 2 N–H and O–H groups in total. The molecule has 0 amide bonds. The lowest BCUT2D eigenvalue weighted by molar-refractivity contribution is -0.0762. The Morgan fingerprint density at radius 2 is 1.42 bits per heavy atom. The lowest BCUT2D eigenvalue weighted by atomic mass is 9.48. The predicted molar refractivity (Wildman–Crippen MR) is 77.5 cm³/mol. The summed E-state index contributed by atoms with van der Waals surface area (Å²) >= 11 is 0. The van der Waals surface area contributed by atoms with Gasteiger partial charge in [0.2, 0.25) is 0 Å². The molecule has 4 bridgehead atoms. The SMILES string of the molecule is NCC1(C2C3CC4CC(C3)CC2C4)CC12CCCC2. The van der Waals surface area contributed by atoms with Crippen LogP contribution < -0.4 is 5.73 Å². The molecule has 0 aromatic rings. The van der Waals surface area contributed by atoms with Gasteiger partial charge in [-0.2, -0.15) is 0 Å². The van der Waals surface area contributed by atoms with Gasteiger partial charge >= 0.3 is 0 Å². The molecule has 6 rings (SSSR count). The van der Waals surface area contributed by atoms with Gasteiger partial charge in [-0.1, -0.05) is 12.8 Å². The topological polar surface area (TPSA) is 26.0 Å². The summed E-state index contributed by atoms with van der Waals surface area (Å²) in [5, 5.41) is 0. The van der Waals surface area contributed by atoms with E-state index in [1.165, 1.54) is 32.1 Å². The van der Waals surface area contributed by atoms with Gasteiger partial charge in [0.1, 0.15) is 0 Å². The van der Waals surface area contributed by atoms with Crippen LogP contribution in [0, 0.1) is 40.4 Å². The van der Waals surface area contributed by atoms with Crippen LogP contribution in [-0.4, -0.2) is 6.54 Å². The highest BCUT2D eigenvalue weighted by molar-refractivity contribution is 5.22. The molecule has 0 heterocycles. The third-order valence-electron chi connectivity index (χ3n) is 8.37. The average Bonchev–Trinajstić information content (AvgIpc) is 2.75. The van der Waals surface area contributed by atoms with E-state index in [0.717, 1.165) is 41.5 Å². The Labute approximate surface area is 117 Å². The molecule has 1 unspecified atom stereocenters. The van der Waals surface area contributed by atoms with Gasteiger partial charge < -0.3 is 5.73 Å². The lowest BCUT2D eigenvalue weighted by Gasteiger charge is -2.57. The standard InChI is InChI=1S/C18H29N/c19-11-18(10-17(18)3-1-2-4-17)16-14-6-12-5-13(8-14)9-15(16)7-12/h12-16H,1-11,19H2. The van der Waals surface area contributed by atoms with Gasteiger partial charge in [0.25, 0.3) is 0 Å². The first kappa shape index (κ1) is 11.6. The fourth-order valence-electron chi connectivity index (χ4n) is 8.01. The fourth-order valence-corrected chi connectivity index (χ4v) is 8.01. The van der Waals surface area contributed by atoms with Crippen LogP contribution in [0.3, 0.4) is 0 Å². The largest absolute Gasteiger partial charge is 0.330 e. The summed E-state index contributed by atoms with van der Waals surface area (Å²) in [7, 11) is 0. The minimum Gasteiger partial charge on any atom is -0.330 e. The molecule has 0 aliphatic heterocycles. The fraction of sp³-hybridized carbons (Fsp3) is 1.00. The van der Waals surface area contributed by atoms with Gasteiger partial charge in [-0.25, -0.2) is 0 Å². The summed E-state index contributed by atoms with van der Waals surface area (Å²) in [6.45, 7) is 1.01. The van der Waals surface area contributed by atoms with E-state index < -0.39 is 0 Å². The van der Waals surface area contributed by atoms with Crippen LogP contribution in [0.2, 0.25) is 0 Å². The van der Waals surface area contributed by atoms with E-state index in [2.05, 4.69) is 0 Å². The molecule has 1 heteroatoms. The van der Waals surface area contributed by atoms with E-state index in [1.807, 2.05) is 0 Å². The van der Waals surface area contributed by atoms with Gasteiger partial charge in [-0.15, -0.1) is 0 Å². The molecule has 1 nitrogen and oxygen atoms in total. The first-order valence-corrected chi connectivity index (χ1v) is 8.96. The van der Waals surface area contributed by atoms with E-state index >= 15 is 0 Å². The third kappa shape index (κ3) is 1.32. The summed E-state index contributed by atoms with van der Waals surface area (Å²) in [6, 6.07) is 0. The minimum atomic E-state index is 0.617. The van der Waals surface area contributed by atoms with Crippen LogP contribution in [0.1, 0.15) is 64.2 Å². The maximum Gasteiger partial charge on any atom is -0.00121 e. The highest BCUT2D eigenvalue weighted by atomic mass is 14.8.